The zero-order valence-corrected chi connectivity index (χ0v) is 19.0. The van der Waals surface area contributed by atoms with Gasteiger partial charge in [0.2, 0.25) is 0 Å². The van der Waals surface area contributed by atoms with Gasteiger partial charge in [-0.25, -0.2) is 9.18 Å². The summed E-state index contributed by atoms with van der Waals surface area (Å²) < 4.78 is 59.1. The Kier molecular flexibility index (Phi) is 5.83. The van der Waals surface area contributed by atoms with Gasteiger partial charge in [0.25, 0.3) is 5.56 Å². The van der Waals surface area contributed by atoms with Crippen molar-refractivity contribution in [3.63, 3.8) is 0 Å². The van der Waals surface area contributed by atoms with Crippen molar-refractivity contribution in [3.8, 4) is 5.75 Å². The molecule has 1 N–H and O–H groups in total. The molecule has 3 aromatic carbocycles. The van der Waals surface area contributed by atoms with Crippen molar-refractivity contribution in [1.82, 2.24) is 4.57 Å². The van der Waals surface area contributed by atoms with Crippen LogP contribution >= 0.6 is 11.8 Å². The van der Waals surface area contributed by atoms with Gasteiger partial charge in [-0.05, 0) is 54.1 Å². The van der Waals surface area contributed by atoms with Crippen LogP contribution in [-0.4, -0.2) is 9.67 Å². The molecule has 0 amide bonds. The number of halogens is 4. The van der Waals surface area contributed by atoms with Crippen molar-refractivity contribution in [2.75, 3.05) is 0 Å². The lowest BCUT2D eigenvalue weighted by molar-refractivity contribution is -0.137. The van der Waals surface area contributed by atoms with Crippen molar-refractivity contribution in [2.45, 2.75) is 22.5 Å². The lowest BCUT2D eigenvalue weighted by atomic mass is 10.1. The predicted molar refractivity (Wildman–Crippen MR) is 127 cm³/mol. The van der Waals surface area contributed by atoms with Gasteiger partial charge in [-0.15, -0.1) is 0 Å². The molecule has 0 aliphatic carbocycles. The second-order valence-corrected chi connectivity index (χ2v) is 9.02. The summed E-state index contributed by atoms with van der Waals surface area (Å²) in [7, 11) is 0. The predicted octanol–water partition coefficient (Wildman–Crippen LogP) is 6.17. The minimum Gasteiger partial charge on any atom is -0.505 e. The molecule has 0 aliphatic rings. The Bertz CT molecular complexity index is 1740. The molecule has 0 bridgehead atoms. The van der Waals surface area contributed by atoms with Crippen molar-refractivity contribution in [3.05, 3.63) is 111 Å². The van der Waals surface area contributed by atoms with Crippen LogP contribution in [0.4, 0.5) is 17.6 Å². The average molecular weight is 513 g/mol. The first-order chi connectivity index (χ1) is 17.1. The van der Waals surface area contributed by atoms with Gasteiger partial charge in [0.15, 0.2) is 11.3 Å². The van der Waals surface area contributed by atoms with E-state index < -0.39 is 34.5 Å². The summed E-state index contributed by atoms with van der Waals surface area (Å²) >= 11 is 0.680. The third-order valence-corrected chi connectivity index (χ3v) is 6.66. The highest BCUT2D eigenvalue weighted by atomic mass is 32.2. The standard InChI is InChI=1S/C26H15F4NO4S/c27-16-5-3-4-14(12-16)13-31-19-7-2-1-6-18(19)22-20(24(31)33)21(32)23(25(34)35-22)36-17-10-8-15(9-11-17)26(28,29)30/h1-12,32H,13H2. The number of pyridine rings is 1. The summed E-state index contributed by atoms with van der Waals surface area (Å²) in [6, 6.07) is 16.3. The maximum Gasteiger partial charge on any atom is 0.416 e. The first-order valence-corrected chi connectivity index (χ1v) is 11.4. The summed E-state index contributed by atoms with van der Waals surface area (Å²) in [5.74, 6) is -1.12. The van der Waals surface area contributed by atoms with E-state index in [1.54, 1.807) is 30.3 Å². The largest absolute Gasteiger partial charge is 0.505 e. The van der Waals surface area contributed by atoms with E-state index in [0.29, 0.717) is 28.2 Å². The minimum atomic E-state index is -4.53. The van der Waals surface area contributed by atoms with Crippen molar-refractivity contribution in [2.24, 2.45) is 0 Å². The van der Waals surface area contributed by atoms with Crippen molar-refractivity contribution >= 4 is 33.6 Å². The fourth-order valence-electron chi connectivity index (χ4n) is 3.94. The number of fused-ring (bicyclic) bond motifs is 3. The summed E-state index contributed by atoms with van der Waals surface area (Å²) in [5.41, 5.74) is -1.71. The van der Waals surface area contributed by atoms with Gasteiger partial charge in [-0.1, -0.05) is 36.0 Å². The minimum absolute atomic E-state index is 0.0208. The maximum atomic E-state index is 13.8. The number of aromatic hydroxyl groups is 1. The Morgan fingerprint density at radius 1 is 0.944 bits per heavy atom. The molecule has 5 nitrogen and oxygen atoms in total. The smallest absolute Gasteiger partial charge is 0.416 e. The Hall–Kier alpha value is -4.05. The number of nitrogens with zero attached hydrogens (tertiary/aromatic N) is 1. The van der Waals surface area contributed by atoms with Gasteiger partial charge < -0.3 is 14.1 Å². The molecular formula is C26H15F4NO4S. The van der Waals surface area contributed by atoms with Crippen LogP contribution in [-0.2, 0) is 12.7 Å². The Morgan fingerprint density at radius 3 is 2.36 bits per heavy atom. The summed E-state index contributed by atoms with van der Waals surface area (Å²) in [4.78, 5) is 26.2. The quantitative estimate of drug-likeness (QED) is 0.230. The molecular weight excluding hydrogens is 498 g/mol. The van der Waals surface area contributed by atoms with E-state index in [4.69, 9.17) is 4.42 Å². The van der Waals surface area contributed by atoms with Crippen LogP contribution in [0, 0.1) is 5.82 Å². The topological polar surface area (TPSA) is 72.4 Å². The van der Waals surface area contributed by atoms with Crippen LogP contribution in [0.3, 0.4) is 0 Å². The van der Waals surface area contributed by atoms with Crippen molar-refractivity contribution < 1.29 is 27.1 Å². The fourth-order valence-corrected chi connectivity index (χ4v) is 4.77. The molecule has 2 aromatic heterocycles. The molecule has 36 heavy (non-hydrogen) atoms. The fraction of sp³-hybridized carbons (Fsp3) is 0.0769. The number of benzene rings is 3. The molecule has 0 fully saturated rings. The van der Waals surface area contributed by atoms with Crippen LogP contribution in [0.15, 0.2) is 96.6 Å². The summed E-state index contributed by atoms with van der Waals surface area (Å²) in [5, 5.41) is 11.1. The molecule has 0 radical (unpaired) electrons. The van der Waals surface area contributed by atoms with Gasteiger partial charge in [0, 0.05) is 10.3 Å². The van der Waals surface area contributed by atoms with E-state index >= 15 is 0 Å². The number of rotatable bonds is 4. The monoisotopic (exact) mass is 513 g/mol. The van der Waals surface area contributed by atoms with E-state index in [-0.39, 0.29) is 27.3 Å². The first kappa shape index (κ1) is 23.7. The highest BCUT2D eigenvalue weighted by Crippen LogP contribution is 2.38. The summed E-state index contributed by atoms with van der Waals surface area (Å²) in [6.07, 6.45) is -4.53. The number of alkyl halides is 3. The zero-order chi connectivity index (χ0) is 25.6. The van der Waals surface area contributed by atoms with Crippen LogP contribution in [0.2, 0.25) is 0 Å². The maximum absolute atomic E-state index is 13.8. The first-order valence-electron chi connectivity index (χ1n) is 10.5. The molecule has 5 rings (SSSR count). The van der Waals surface area contributed by atoms with Gasteiger partial charge in [0.05, 0.1) is 17.6 Å². The van der Waals surface area contributed by atoms with Crippen LogP contribution in [0.1, 0.15) is 11.1 Å². The molecule has 10 heteroatoms. The molecule has 0 saturated carbocycles. The third-order valence-electron chi connectivity index (χ3n) is 5.59. The normalized spacial score (nSPS) is 11.9. The molecule has 0 unspecified atom stereocenters. The third kappa shape index (κ3) is 4.24. The van der Waals surface area contributed by atoms with Crippen LogP contribution in [0.5, 0.6) is 5.75 Å². The lowest BCUT2D eigenvalue weighted by Gasteiger charge is -2.14. The highest BCUT2D eigenvalue weighted by molar-refractivity contribution is 7.99. The van der Waals surface area contributed by atoms with Gasteiger partial charge in [0.1, 0.15) is 16.1 Å². The zero-order valence-electron chi connectivity index (χ0n) is 18.2. The molecule has 0 spiro atoms. The van der Waals surface area contributed by atoms with E-state index in [1.807, 2.05) is 0 Å². The molecule has 2 heterocycles. The molecule has 0 aliphatic heterocycles. The van der Waals surface area contributed by atoms with E-state index in [1.165, 1.54) is 22.8 Å². The Labute approximate surface area is 204 Å². The van der Waals surface area contributed by atoms with E-state index in [0.717, 1.165) is 24.3 Å². The SMILES string of the molecule is O=c1oc2c(c(O)c1Sc1ccc(C(F)(F)F)cc1)c(=O)n(Cc1cccc(F)c1)c1ccccc21. The van der Waals surface area contributed by atoms with E-state index in [9.17, 15) is 32.3 Å². The summed E-state index contributed by atoms with van der Waals surface area (Å²) in [6.45, 7) is -0.0208. The molecule has 0 saturated heterocycles. The lowest BCUT2D eigenvalue weighted by Crippen LogP contribution is -2.22. The number of aromatic nitrogens is 1. The molecule has 5 aromatic rings. The molecule has 0 atom stereocenters. The molecule has 182 valence electrons. The second-order valence-electron chi connectivity index (χ2n) is 7.93. The van der Waals surface area contributed by atoms with Gasteiger partial charge in [-0.2, -0.15) is 13.2 Å². The van der Waals surface area contributed by atoms with Gasteiger partial charge in [-0.3, -0.25) is 4.79 Å². The highest BCUT2D eigenvalue weighted by Gasteiger charge is 2.30. The second kappa shape index (κ2) is 8.87. The number of para-hydroxylation sites is 1. The van der Waals surface area contributed by atoms with Crippen LogP contribution in [0.25, 0.3) is 21.9 Å². The number of hydrogen-bond acceptors (Lipinski definition) is 5. The Balaban J connectivity index is 1.69. The van der Waals surface area contributed by atoms with E-state index in [2.05, 4.69) is 0 Å². The van der Waals surface area contributed by atoms with Crippen molar-refractivity contribution in [1.29, 1.82) is 0 Å². The average Bonchev–Trinajstić information content (AvgIpc) is 2.84. The number of hydrogen-bond donors (Lipinski definition) is 1. The Morgan fingerprint density at radius 2 is 1.67 bits per heavy atom. The van der Waals surface area contributed by atoms with Gasteiger partial charge >= 0.3 is 11.8 Å². The van der Waals surface area contributed by atoms with Crippen LogP contribution < -0.4 is 11.2 Å².